The summed E-state index contributed by atoms with van der Waals surface area (Å²) < 4.78 is 36.9. The first-order valence-electron chi connectivity index (χ1n) is 6.39. The van der Waals surface area contributed by atoms with Gasteiger partial charge in [-0.1, -0.05) is 18.0 Å². The molecule has 0 N–H and O–H groups in total. The molecule has 0 spiro atoms. The van der Waals surface area contributed by atoms with Crippen LogP contribution in [0.25, 0.3) is 0 Å². The summed E-state index contributed by atoms with van der Waals surface area (Å²) in [5, 5.41) is -0.0592. The molecule has 21 heavy (non-hydrogen) atoms. The Labute approximate surface area is 132 Å². The molecule has 1 amide bonds. The lowest BCUT2D eigenvalue weighted by Gasteiger charge is -2.30. The Morgan fingerprint density at radius 3 is 2.52 bits per heavy atom. The van der Waals surface area contributed by atoms with E-state index in [1.54, 1.807) is 7.05 Å². The van der Waals surface area contributed by atoms with Gasteiger partial charge in [-0.25, -0.2) is 12.8 Å². The Balaban J connectivity index is 2.34. The van der Waals surface area contributed by atoms with E-state index in [2.05, 4.69) is 0 Å². The first kappa shape index (κ1) is 16.5. The molecule has 0 atom stereocenters. The lowest BCUT2D eigenvalue weighted by atomic mass is 9.85. The van der Waals surface area contributed by atoms with Crippen LogP contribution >= 0.6 is 22.3 Å². The largest absolute Gasteiger partial charge is 0.341 e. The first-order chi connectivity index (χ1) is 9.70. The standard InChI is InChI=1S/C13H14Cl2FNO3S/c1-17(7-8-3-2-4-8)13(18)10-5-9(14)6-11(12(10)16)21(15,19)20/h5-6,8H,2-4,7H2,1H3. The minimum absolute atomic E-state index is 0.0592. The summed E-state index contributed by atoms with van der Waals surface area (Å²) in [5.74, 6) is -1.36. The van der Waals surface area contributed by atoms with Crippen molar-refractivity contribution in [3.05, 3.63) is 28.5 Å². The van der Waals surface area contributed by atoms with Crippen molar-refractivity contribution in [1.29, 1.82) is 0 Å². The van der Waals surface area contributed by atoms with Gasteiger partial charge in [0.25, 0.3) is 15.0 Å². The minimum atomic E-state index is -4.31. The fourth-order valence-electron chi connectivity index (χ4n) is 2.25. The van der Waals surface area contributed by atoms with Crippen LogP contribution in [0.2, 0.25) is 5.02 Å². The molecule has 0 radical (unpaired) electrons. The average Bonchev–Trinajstić information content (AvgIpc) is 2.33. The van der Waals surface area contributed by atoms with Crippen molar-refractivity contribution in [1.82, 2.24) is 4.90 Å². The lowest BCUT2D eigenvalue weighted by Crippen LogP contribution is -2.34. The third-order valence-corrected chi connectivity index (χ3v) is 5.14. The fourth-order valence-corrected chi connectivity index (χ4v) is 3.46. The fraction of sp³-hybridized carbons (Fsp3) is 0.462. The number of amides is 1. The maximum atomic E-state index is 14.2. The van der Waals surface area contributed by atoms with Crippen LogP contribution in [0, 0.1) is 11.7 Å². The summed E-state index contributed by atoms with van der Waals surface area (Å²) in [6.07, 6.45) is 3.21. The number of carbonyl (C=O) groups is 1. The summed E-state index contributed by atoms with van der Waals surface area (Å²) in [5.41, 5.74) is -0.386. The second-order valence-electron chi connectivity index (χ2n) is 5.19. The lowest BCUT2D eigenvalue weighted by molar-refractivity contribution is 0.0740. The van der Waals surface area contributed by atoms with Crippen LogP contribution in [0.1, 0.15) is 29.6 Å². The molecule has 4 nitrogen and oxygen atoms in total. The van der Waals surface area contributed by atoms with Crippen LogP contribution < -0.4 is 0 Å². The molecule has 0 saturated heterocycles. The second-order valence-corrected chi connectivity index (χ2v) is 8.16. The molecule has 1 aliphatic rings. The normalized spacial score (nSPS) is 15.6. The minimum Gasteiger partial charge on any atom is -0.341 e. The molecule has 0 aromatic heterocycles. The molecule has 0 heterocycles. The SMILES string of the molecule is CN(CC1CCC1)C(=O)c1cc(Cl)cc(S(=O)(=O)Cl)c1F. The van der Waals surface area contributed by atoms with Crippen LogP contribution in [-0.2, 0) is 9.05 Å². The van der Waals surface area contributed by atoms with Gasteiger partial charge in [0.2, 0.25) is 0 Å². The molecule has 1 fully saturated rings. The number of hydrogen-bond acceptors (Lipinski definition) is 3. The Kier molecular flexibility index (Phi) is 4.80. The van der Waals surface area contributed by atoms with Crippen molar-refractivity contribution in [2.45, 2.75) is 24.2 Å². The highest BCUT2D eigenvalue weighted by atomic mass is 35.7. The molecule has 0 unspecified atom stereocenters. The summed E-state index contributed by atoms with van der Waals surface area (Å²) in [6, 6.07) is 2.00. The van der Waals surface area contributed by atoms with Crippen LogP contribution in [0.5, 0.6) is 0 Å². The maximum Gasteiger partial charge on any atom is 0.264 e. The first-order valence-corrected chi connectivity index (χ1v) is 9.08. The zero-order chi connectivity index (χ0) is 15.8. The van der Waals surface area contributed by atoms with E-state index >= 15 is 0 Å². The van der Waals surface area contributed by atoms with Crippen LogP contribution in [0.3, 0.4) is 0 Å². The number of hydrogen-bond donors (Lipinski definition) is 0. The molecule has 116 valence electrons. The maximum absolute atomic E-state index is 14.2. The molecule has 1 saturated carbocycles. The molecule has 0 bridgehead atoms. The van der Waals surface area contributed by atoms with Crippen LogP contribution in [0.15, 0.2) is 17.0 Å². The molecule has 1 aliphatic carbocycles. The monoisotopic (exact) mass is 353 g/mol. The van der Waals surface area contributed by atoms with Gasteiger partial charge in [0, 0.05) is 29.3 Å². The van der Waals surface area contributed by atoms with E-state index in [1.165, 1.54) is 4.90 Å². The van der Waals surface area contributed by atoms with E-state index in [9.17, 15) is 17.6 Å². The highest BCUT2D eigenvalue weighted by Crippen LogP contribution is 2.29. The Bertz CT molecular complexity index is 674. The van der Waals surface area contributed by atoms with Gasteiger partial charge in [-0.15, -0.1) is 0 Å². The average molecular weight is 354 g/mol. The number of nitrogens with zero attached hydrogens (tertiary/aromatic N) is 1. The zero-order valence-corrected chi connectivity index (χ0v) is 13.6. The summed E-state index contributed by atoms with van der Waals surface area (Å²) in [4.78, 5) is 12.9. The second kappa shape index (κ2) is 6.10. The van der Waals surface area contributed by atoms with Crippen molar-refractivity contribution in [3.63, 3.8) is 0 Å². The van der Waals surface area contributed by atoms with E-state index in [0.717, 1.165) is 31.4 Å². The molecule has 2 rings (SSSR count). The van der Waals surface area contributed by atoms with Crippen molar-refractivity contribution >= 4 is 37.2 Å². The van der Waals surface area contributed by atoms with Crippen molar-refractivity contribution in [3.8, 4) is 0 Å². The summed E-state index contributed by atoms with van der Waals surface area (Å²) in [7, 11) is 2.40. The zero-order valence-electron chi connectivity index (χ0n) is 11.3. The molecular weight excluding hydrogens is 340 g/mol. The van der Waals surface area contributed by atoms with Gasteiger partial charge in [-0.05, 0) is 30.9 Å². The van der Waals surface area contributed by atoms with Gasteiger partial charge in [-0.2, -0.15) is 0 Å². The number of halogens is 3. The van der Waals surface area contributed by atoms with Crippen molar-refractivity contribution < 1.29 is 17.6 Å². The van der Waals surface area contributed by atoms with Gasteiger partial charge in [0.1, 0.15) is 4.90 Å². The molecule has 0 aliphatic heterocycles. The van der Waals surface area contributed by atoms with Gasteiger partial charge in [0.05, 0.1) is 5.56 Å². The van der Waals surface area contributed by atoms with Crippen LogP contribution in [-0.4, -0.2) is 32.8 Å². The highest BCUT2D eigenvalue weighted by molar-refractivity contribution is 8.13. The van der Waals surface area contributed by atoms with E-state index < -0.39 is 25.7 Å². The van der Waals surface area contributed by atoms with Gasteiger partial charge >= 0.3 is 0 Å². The molecule has 1 aromatic carbocycles. The predicted molar refractivity (Wildman–Crippen MR) is 78.8 cm³/mol. The van der Waals surface area contributed by atoms with Gasteiger partial charge < -0.3 is 4.90 Å². The number of benzene rings is 1. The summed E-state index contributed by atoms with van der Waals surface area (Å²) in [6.45, 7) is 0.508. The summed E-state index contributed by atoms with van der Waals surface area (Å²) >= 11 is 5.76. The highest BCUT2D eigenvalue weighted by Gasteiger charge is 2.27. The topological polar surface area (TPSA) is 54.5 Å². The quantitative estimate of drug-likeness (QED) is 0.780. The van der Waals surface area contributed by atoms with E-state index in [0.29, 0.717) is 12.5 Å². The number of rotatable bonds is 4. The van der Waals surface area contributed by atoms with Gasteiger partial charge in [0.15, 0.2) is 5.82 Å². The molecular formula is C13H14Cl2FNO3S. The Hall–Kier alpha value is -0.850. The van der Waals surface area contributed by atoms with Crippen LogP contribution in [0.4, 0.5) is 4.39 Å². The Morgan fingerprint density at radius 2 is 2.05 bits per heavy atom. The third-order valence-electron chi connectivity index (χ3n) is 3.60. The van der Waals surface area contributed by atoms with E-state index in [4.69, 9.17) is 22.3 Å². The smallest absolute Gasteiger partial charge is 0.264 e. The molecule has 1 aromatic rings. The van der Waals surface area contributed by atoms with E-state index in [-0.39, 0.29) is 10.6 Å². The third kappa shape index (κ3) is 3.67. The van der Waals surface area contributed by atoms with E-state index in [1.807, 2.05) is 0 Å². The van der Waals surface area contributed by atoms with Crippen molar-refractivity contribution in [2.24, 2.45) is 5.92 Å². The molecule has 8 heteroatoms. The predicted octanol–water partition coefficient (Wildman–Crippen LogP) is 3.28. The Morgan fingerprint density at radius 1 is 1.43 bits per heavy atom. The van der Waals surface area contributed by atoms with Gasteiger partial charge in [-0.3, -0.25) is 4.79 Å². The number of carbonyl (C=O) groups excluding carboxylic acids is 1. The van der Waals surface area contributed by atoms with Crippen molar-refractivity contribution in [2.75, 3.05) is 13.6 Å².